The zero-order valence-corrected chi connectivity index (χ0v) is 9.75. The van der Waals surface area contributed by atoms with E-state index < -0.39 is 11.8 Å². The summed E-state index contributed by atoms with van der Waals surface area (Å²) in [6.07, 6.45) is -0.0613. The summed E-state index contributed by atoms with van der Waals surface area (Å²) in [7, 11) is 0. The van der Waals surface area contributed by atoms with E-state index in [1.54, 1.807) is 6.92 Å². The monoisotopic (exact) mass is 214 g/mol. The van der Waals surface area contributed by atoms with Gasteiger partial charge in [0.1, 0.15) is 5.78 Å². The van der Waals surface area contributed by atoms with Gasteiger partial charge in [0.2, 0.25) is 5.78 Å². The van der Waals surface area contributed by atoms with Crippen molar-refractivity contribution in [3.8, 4) is 0 Å². The number of ether oxygens (including phenoxy) is 1. The second-order valence-electron chi connectivity index (χ2n) is 4.60. The molecule has 15 heavy (non-hydrogen) atoms. The molecule has 0 N–H and O–H groups in total. The Bertz CT molecular complexity index is 260. The highest BCUT2D eigenvalue weighted by molar-refractivity contribution is 6.37. The summed E-state index contributed by atoms with van der Waals surface area (Å²) >= 11 is 0. The van der Waals surface area contributed by atoms with E-state index in [0.717, 1.165) is 0 Å². The van der Waals surface area contributed by atoms with Crippen LogP contribution >= 0.6 is 0 Å². The minimum atomic E-state index is -0.917. The lowest BCUT2D eigenvalue weighted by atomic mass is 9.88. The third-order valence-corrected chi connectivity index (χ3v) is 1.59. The number of esters is 1. The molecule has 0 saturated heterocycles. The Kier molecular flexibility index (Phi) is 5.19. The van der Waals surface area contributed by atoms with Gasteiger partial charge in [-0.3, -0.25) is 9.59 Å². The molecule has 0 radical (unpaired) electrons. The number of rotatable bonds is 5. The van der Waals surface area contributed by atoms with E-state index >= 15 is 0 Å². The van der Waals surface area contributed by atoms with Crippen molar-refractivity contribution in [2.24, 2.45) is 5.41 Å². The van der Waals surface area contributed by atoms with Crippen molar-refractivity contribution >= 4 is 17.5 Å². The molecule has 86 valence electrons. The number of ketones is 2. The van der Waals surface area contributed by atoms with Crippen LogP contribution in [-0.2, 0) is 19.1 Å². The molecule has 0 amide bonds. The Morgan fingerprint density at radius 1 is 1.13 bits per heavy atom. The molecule has 0 aliphatic heterocycles. The molecule has 4 nitrogen and oxygen atoms in total. The molecule has 0 fully saturated rings. The maximum absolute atomic E-state index is 11.3. The van der Waals surface area contributed by atoms with Crippen molar-refractivity contribution in [3.05, 3.63) is 0 Å². The third-order valence-electron chi connectivity index (χ3n) is 1.59. The Morgan fingerprint density at radius 2 is 1.67 bits per heavy atom. The van der Waals surface area contributed by atoms with Gasteiger partial charge in [0.15, 0.2) is 0 Å². The predicted octanol–water partition coefficient (Wildman–Crippen LogP) is 1.51. The van der Waals surface area contributed by atoms with Crippen LogP contribution in [0.5, 0.6) is 0 Å². The molecular formula is C11H18O4. The second kappa shape index (κ2) is 5.63. The van der Waals surface area contributed by atoms with Gasteiger partial charge >= 0.3 is 5.97 Å². The molecule has 0 unspecified atom stereocenters. The van der Waals surface area contributed by atoms with Crippen LogP contribution in [0.1, 0.15) is 40.5 Å². The molecule has 4 heteroatoms. The van der Waals surface area contributed by atoms with Crippen LogP contribution in [0.25, 0.3) is 0 Å². The van der Waals surface area contributed by atoms with E-state index in [1.165, 1.54) is 0 Å². The molecule has 0 aromatic carbocycles. The average molecular weight is 214 g/mol. The van der Waals surface area contributed by atoms with Gasteiger partial charge in [-0.15, -0.1) is 0 Å². The molecule has 0 aliphatic rings. The van der Waals surface area contributed by atoms with Gasteiger partial charge in [-0.1, -0.05) is 20.8 Å². The number of carbonyl (C=O) groups excluding carboxylic acids is 3. The van der Waals surface area contributed by atoms with Crippen molar-refractivity contribution in [3.63, 3.8) is 0 Å². The van der Waals surface area contributed by atoms with Gasteiger partial charge in [0, 0.05) is 6.42 Å². The molecule has 0 heterocycles. The normalized spacial score (nSPS) is 10.9. The Labute approximate surface area is 90.0 Å². The summed E-state index contributed by atoms with van der Waals surface area (Å²) in [6, 6.07) is 0. The second-order valence-corrected chi connectivity index (χ2v) is 4.60. The maximum Gasteiger partial charge on any atom is 0.375 e. The molecule has 0 aromatic heterocycles. The summed E-state index contributed by atoms with van der Waals surface area (Å²) in [5.41, 5.74) is -0.161. The fourth-order valence-corrected chi connectivity index (χ4v) is 1.12. The lowest BCUT2D eigenvalue weighted by Crippen LogP contribution is -2.22. The fourth-order valence-electron chi connectivity index (χ4n) is 1.12. The van der Waals surface area contributed by atoms with Crippen molar-refractivity contribution in [1.29, 1.82) is 0 Å². The van der Waals surface area contributed by atoms with E-state index in [2.05, 4.69) is 4.74 Å². The van der Waals surface area contributed by atoms with Gasteiger partial charge < -0.3 is 4.74 Å². The SMILES string of the molecule is CCOC(=O)C(=O)CC(=O)CC(C)(C)C. The fraction of sp³-hybridized carbons (Fsp3) is 0.727. The predicted molar refractivity (Wildman–Crippen MR) is 55.3 cm³/mol. The van der Waals surface area contributed by atoms with Crippen molar-refractivity contribution in [2.45, 2.75) is 40.5 Å². The molecule has 0 bridgehead atoms. The van der Waals surface area contributed by atoms with Crippen molar-refractivity contribution in [1.82, 2.24) is 0 Å². The zero-order valence-electron chi connectivity index (χ0n) is 9.75. The number of hydrogen-bond donors (Lipinski definition) is 0. The van der Waals surface area contributed by atoms with Gasteiger partial charge in [-0.05, 0) is 12.3 Å². The molecular weight excluding hydrogens is 196 g/mol. The van der Waals surface area contributed by atoms with Crippen molar-refractivity contribution < 1.29 is 19.1 Å². The van der Waals surface area contributed by atoms with Crippen LogP contribution in [0, 0.1) is 5.41 Å². The molecule has 0 saturated carbocycles. The first-order chi connectivity index (χ1) is 6.76. The van der Waals surface area contributed by atoms with Crippen LogP contribution in [-0.4, -0.2) is 24.1 Å². The standard InChI is InChI=1S/C11H18O4/c1-5-15-10(14)9(13)6-8(12)7-11(2,3)4/h5-7H2,1-4H3. The minimum Gasteiger partial charge on any atom is -0.460 e. The maximum atomic E-state index is 11.3. The molecule has 0 atom stereocenters. The lowest BCUT2D eigenvalue weighted by Gasteiger charge is -2.16. The van der Waals surface area contributed by atoms with Crippen LogP contribution in [0.3, 0.4) is 0 Å². The summed E-state index contributed by atoms with van der Waals surface area (Å²) in [6.45, 7) is 7.47. The van der Waals surface area contributed by atoms with Gasteiger partial charge in [-0.25, -0.2) is 4.79 Å². The summed E-state index contributed by atoms with van der Waals surface area (Å²) in [4.78, 5) is 33.4. The first-order valence-corrected chi connectivity index (χ1v) is 4.98. The number of hydrogen-bond acceptors (Lipinski definition) is 4. The zero-order chi connectivity index (χ0) is 12.1. The summed E-state index contributed by atoms with van der Waals surface area (Å²) in [5, 5.41) is 0. The Balaban J connectivity index is 4.08. The minimum absolute atomic E-state index is 0.151. The quantitative estimate of drug-likeness (QED) is 0.395. The van der Waals surface area contributed by atoms with E-state index in [9.17, 15) is 14.4 Å². The molecule has 0 rings (SSSR count). The highest BCUT2D eigenvalue weighted by atomic mass is 16.5. The lowest BCUT2D eigenvalue weighted by molar-refractivity contribution is -0.154. The summed E-state index contributed by atoms with van der Waals surface area (Å²) < 4.78 is 4.49. The van der Waals surface area contributed by atoms with Gasteiger partial charge in [0.25, 0.3) is 0 Å². The highest BCUT2D eigenvalue weighted by Crippen LogP contribution is 2.19. The highest BCUT2D eigenvalue weighted by Gasteiger charge is 2.22. The average Bonchev–Trinajstić information content (AvgIpc) is 2.00. The Hall–Kier alpha value is -1.19. The number of carbonyl (C=O) groups is 3. The molecule has 0 spiro atoms. The number of Topliss-reactive ketones (excluding diaryl/α,β-unsaturated/α-hetero) is 2. The summed E-state index contributed by atoms with van der Waals surface area (Å²) in [5.74, 6) is -1.90. The molecule has 0 aromatic rings. The first kappa shape index (κ1) is 13.8. The first-order valence-electron chi connectivity index (χ1n) is 4.98. The molecule has 0 aliphatic carbocycles. The van der Waals surface area contributed by atoms with E-state index in [0.29, 0.717) is 0 Å². The third kappa shape index (κ3) is 6.82. The van der Waals surface area contributed by atoms with Crippen LogP contribution in [0.15, 0.2) is 0 Å². The van der Waals surface area contributed by atoms with Crippen LogP contribution < -0.4 is 0 Å². The van der Waals surface area contributed by atoms with E-state index in [-0.39, 0.29) is 30.6 Å². The van der Waals surface area contributed by atoms with E-state index in [4.69, 9.17) is 0 Å². The smallest absolute Gasteiger partial charge is 0.375 e. The van der Waals surface area contributed by atoms with Crippen LogP contribution in [0.2, 0.25) is 0 Å². The van der Waals surface area contributed by atoms with Crippen LogP contribution in [0.4, 0.5) is 0 Å². The topological polar surface area (TPSA) is 60.4 Å². The van der Waals surface area contributed by atoms with Gasteiger partial charge in [0.05, 0.1) is 13.0 Å². The largest absolute Gasteiger partial charge is 0.460 e. The van der Waals surface area contributed by atoms with Gasteiger partial charge in [-0.2, -0.15) is 0 Å². The van der Waals surface area contributed by atoms with E-state index in [1.807, 2.05) is 20.8 Å². The van der Waals surface area contributed by atoms with Crippen molar-refractivity contribution in [2.75, 3.05) is 6.61 Å². The Morgan fingerprint density at radius 3 is 2.07 bits per heavy atom.